The minimum atomic E-state index is 0.490. The molecule has 2 heterocycles. The van der Waals surface area contributed by atoms with Gasteiger partial charge >= 0.3 is 0 Å². The van der Waals surface area contributed by atoms with Crippen molar-refractivity contribution in [1.29, 1.82) is 0 Å². The Hall–Kier alpha value is 0.0500. The first-order chi connectivity index (χ1) is 5.79. The summed E-state index contributed by atoms with van der Waals surface area (Å²) in [6, 6.07) is 0. The highest BCUT2D eigenvalue weighted by Gasteiger charge is 2.29. The summed E-state index contributed by atoms with van der Waals surface area (Å²) in [7, 11) is 0. The van der Waals surface area contributed by atoms with Crippen LogP contribution in [0.1, 0.15) is 26.2 Å². The zero-order chi connectivity index (χ0) is 8.44. The van der Waals surface area contributed by atoms with Crippen molar-refractivity contribution in [2.45, 2.75) is 30.9 Å². The molecule has 0 radical (unpaired) electrons. The maximum absolute atomic E-state index is 2.61. The Balaban J connectivity index is 1.84. The maximum Gasteiger partial charge on any atom is 0.0334 e. The van der Waals surface area contributed by atoms with E-state index in [2.05, 4.69) is 23.3 Å². The summed E-state index contributed by atoms with van der Waals surface area (Å²) in [6.07, 6.45) is 6.39. The van der Waals surface area contributed by atoms with Crippen LogP contribution in [-0.2, 0) is 0 Å². The number of allylic oxidation sites excluding steroid dienone is 1. The van der Waals surface area contributed by atoms with Crippen molar-refractivity contribution in [3.63, 3.8) is 0 Å². The Morgan fingerprint density at radius 1 is 1.42 bits per heavy atom. The molecule has 0 aromatic rings. The molecule has 2 heteroatoms. The average molecular weight is 183 g/mol. The second-order valence-corrected chi connectivity index (χ2v) is 5.62. The number of hydrogen-bond acceptors (Lipinski definition) is 2. The first-order valence-electron chi connectivity index (χ1n) is 4.84. The van der Waals surface area contributed by atoms with Gasteiger partial charge in [0.2, 0.25) is 0 Å². The van der Waals surface area contributed by atoms with Gasteiger partial charge in [0.1, 0.15) is 0 Å². The fraction of sp³-hybridized carbons (Fsp3) is 0.800. The van der Waals surface area contributed by atoms with Crippen molar-refractivity contribution in [3.05, 3.63) is 11.5 Å². The molecule has 0 aliphatic carbocycles. The first kappa shape index (κ1) is 8.64. The predicted octanol–water partition coefficient (Wildman–Crippen LogP) is 2.49. The van der Waals surface area contributed by atoms with Crippen LogP contribution >= 0.6 is 11.8 Å². The van der Waals surface area contributed by atoms with Crippen molar-refractivity contribution < 1.29 is 0 Å². The molecule has 0 spiro atoms. The highest BCUT2D eigenvalue weighted by molar-refractivity contribution is 8.03. The Labute approximate surface area is 79.2 Å². The molecular weight excluding hydrogens is 166 g/mol. The van der Waals surface area contributed by atoms with Crippen molar-refractivity contribution in [1.82, 2.24) is 4.90 Å². The van der Waals surface area contributed by atoms with Gasteiger partial charge in [0.05, 0.1) is 0 Å². The van der Waals surface area contributed by atoms with Gasteiger partial charge < -0.3 is 4.90 Å². The summed E-state index contributed by atoms with van der Waals surface area (Å²) in [5.74, 6) is 0. The lowest BCUT2D eigenvalue weighted by molar-refractivity contribution is 0.307. The number of hydrogen-bond donors (Lipinski definition) is 0. The topological polar surface area (TPSA) is 3.24 Å². The molecule has 1 fully saturated rings. The molecule has 0 aromatic carbocycles. The summed E-state index contributed by atoms with van der Waals surface area (Å²) >= 11 is 2.01. The summed E-state index contributed by atoms with van der Waals surface area (Å²) in [6.45, 7) is 6.33. The predicted molar refractivity (Wildman–Crippen MR) is 55.4 cm³/mol. The first-order valence-corrected chi connectivity index (χ1v) is 5.72. The largest absolute Gasteiger partial charge is 0.302 e. The van der Waals surface area contributed by atoms with Gasteiger partial charge in [0.25, 0.3) is 0 Å². The number of rotatable bonds is 2. The van der Waals surface area contributed by atoms with Gasteiger partial charge in [-0.1, -0.05) is 6.08 Å². The van der Waals surface area contributed by atoms with Crippen LogP contribution in [0.25, 0.3) is 0 Å². The van der Waals surface area contributed by atoms with Crippen molar-refractivity contribution in [2.24, 2.45) is 0 Å². The van der Waals surface area contributed by atoms with Gasteiger partial charge in [-0.3, -0.25) is 0 Å². The standard InChI is InChI=1S/C10H17NS/c1-10(5-4-8-12-10)9-11-6-2-3-7-11/h4,8H,2-3,5-7,9H2,1H3. The van der Waals surface area contributed by atoms with E-state index >= 15 is 0 Å². The Morgan fingerprint density at radius 3 is 2.75 bits per heavy atom. The van der Waals surface area contributed by atoms with E-state index in [-0.39, 0.29) is 0 Å². The molecule has 12 heavy (non-hydrogen) atoms. The van der Waals surface area contributed by atoms with E-state index in [1.54, 1.807) is 0 Å². The van der Waals surface area contributed by atoms with Crippen LogP contribution in [0.15, 0.2) is 11.5 Å². The van der Waals surface area contributed by atoms with Crippen molar-refractivity contribution >= 4 is 11.8 Å². The number of thioether (sulfide) groups is 1. The number of nitrogens with zero attached hydrogens (tertiary/aromatic N) is 1. The second-order valence-electron chi connectivity index (χ2n) is 4.13. The fourth-order valence-electron chi connectivity index (χ4n) is 2.07. The number of likely N-dealkylation sites (tertiary alicyclic amines) is 1. The third kappa shape index (κ3) is 1.86. The minimum Gasteiger partial charge on any atom is -0.302 e. The van der Waals surface area contributed by atoms with Crippen LogP contribution in [0.5, 0.6) is 0 Å². The van der Waals surface area contributed by atoms with E-state index in [1.807, 2.05) is 11.8 Å². The monoisotopic (exact) mass is 183 g/mol. The second kappa shape index (κ2) is 3.43. The molecule has 0 saturated carbocycles. The molecule has 0 N–H and O–H groups in total. The summed E-state index contributed by atoms with van der Waals surface area (Å²) < 4.78 is 0.490. The SMILES string of the molecule is CC1(CN2CCCC2)CC=CS1. The van der Waals surface area contributed by atoms with Crippen LogP contribution in [0.4, 0.5) is 0 Å². The van der Waals surface area contributed by atoms with E-state index in [0.717, 1.165) is 0 Å². The molecule has 1 unspecified atom stereocenters. The zero-order valence-electron chi connectivity index (χ0n) is 7.75. The van der Waals surface area contributed by atoms with Crippen LogP contribution < -0.4 is 0 Å². The normalized spacial score (nSPS) is 36.4. The fourth-order valence-corrected chi connectivity index (χ4v) is 3.04. The van der Waals surface area contributed by atoms with E-state index < -0.39 is 0 Å². The molecular formula is C10H17NS. The summed E-state index contributed by atoms with van der Waals surface area (Å²) in [5.41, 5.74) is 0. The van der Waals surface area contributed by atoms with E-state index in [1.165, 1.54) is 38.9 Å². The van der Waals surface area contributed by atoms with Gasteiger partial charge in [0, 0.05) is 11.3 Å². The lowest BCUT2D eigenvalue weighted by Gasteiger charge is -2.28. The molecule has 0 aromatic heterocycles. The van der Waals surface area contributed by atoms with E-state index in [4.69, 9.17) is 0 Å². The smallest absolute Gasteiger partial charge is 0.0334 e. The molecule has 0 amide bonds. The third-order valence-corrected chi connectivity index (χ3v) is 3.95. The van der Waals surface area contributed by atoms with Crippen LogP contribution in [0.3, 0.4) is 0 Å². The lowest BCUT2D eigenvalue weighted by Crippen LogP contribution is -2.35. The Bertz CT molecular complexity index is 174. The molecule has 2 aliphatic rings. The van der Waals surface area contributed by atoms with Gasteiger partial charge in [-0.05, 0) is 44.7 Å². The molecule has 2 rings (SSSR count). The highest BCUT2D eigenvalue weighted by Crippen LogP contribution is 2.37. The average Bonchev–Trinajstić information content (AvgIpc) is 2.62. The Morgan fingerprint density at radius 2 is 2.17 bits per heavy atom. The summed E-state index contributed by atoms with van der Waals surface area (Å²) in [5, 5.41) is 2.26. The zero-order valence-corrected chi connectivity index (χ0v) is 8.57. The minimum absolute atomic E-state index is 0.490. The highest BCUT2D eigenvalue weighted by atomic mass is 32.2. The van der Waals surface area contributed by atoms with E-state index in [0.29, 0.717) is 4.75 Å². The van der Waals surface area contributed by atoms with Gasteiger partial charge in [-0.2, -0.15) is 0 Å². The Kier molecular flexibility index (Phi) is 2.47. The van der Waals surface area contributed by atoms with Gasteiger partial charge in [-0.25, -0.2) is 0 Å². The van der Waals surface area contributed by atoms with Gasteiger partial charge in [0.15, 0.2) is 0 Å². The van der Waals surface area contributed by atoms with Crippen molar-refractivity contribution in [3.8, 4) is 0 Å². The van der Waals surface area contributed by atoms with Crippen LogP contribution in [0, 0.1) is 0 Å². The quantitative estimate of drug-likeness (QED) is 0.647. The van der Waals surface area contributed by atoms with Crippen LogP contribution in [0.2, 0.25) is 0 Å². The van der Waals surface area contributed by atoms with Gasteiger partial charge in [-0.15, -0.1) is 11.8 Å². The van der Waals surface area contributed by atoms with Crippen molar-refractivity contribution in [2.75, 3.05) is 19.6 Å². The van der Waals surface area contributed by atoms with Crippen LogP contribution in [-0.4, -0.2) is 29.3 Å². The molecule has 68 valence electrons. The third-order valence-electron chi connectivity index (χ3n) is 2.76. The lowest BCUT2D eigenvalue weighted by atomic mass is 10.1. The van der Waals surface area contributed by atoms with E-state index in [9.17, 15) is 0 Å². The molecule has 0 bridgehead atoms. The molecule has 2 aliphatic heterocycles. The maximum atomic E-state index is 2.61. The summed E-state index contributed by atoms with van der Waals surface area (Å²) in [4.78, 5) is 2.61. The molecule has 1 nitrogen and oxygen atoms in total. The molecule has 1 saturated heterocycles. The molecule has 1 atom stereocenters.